The van der Waals surface area contributed by atoms with Crippen molar-refractivity contribution in [2.24, 2.45) is 0 Å². The van der Waals surface area contributed by atoms with Crippen LogP contribution < -0.4 is 5.32 Å². The van der Waals surface area contributed by atoms with Gasteiger partial charge >= 0.3 is 6.09 Å². The molecular weight excluding hydrogens is 423 g/mol. The number of hydrogen-bond donors (Lipinski definition) is 1. The number of rotatable bonds is 3. The molecule has 0 aliphatic carbocycles. The lowest BCUT2D eigenvalue weighted by atomic mass is 10.0. The maximum Gasteiger partial charge on any atom is 0.410 e. The van der Waals surface area contributed by atoms with Gasteiger partial charge in [-0.15, -0.1) is 0 Å². The first-order valence-electron chi connectivity index (χ1n) is 10.1. The molecule has 0 spiro atoms. The van der Waals surface area contributed by atoms with Gasteiger partial charge in [0.15, 0.2) is 0 Å². The largest absolute Gasteiger partial charge is 0.444 e. The molecule has 170 valence electrons. The summed E-state index contributed by atoms with van der Waals surface area (Å²) in [5.74, 6) is -4.67. The Labute approximate surface area is 184 Å². The highest BCUT2D eigenvalue weighted by Gasteiger charge is 2.25. The molecule has 0 atom stereocenters. The Morgan fingerprint density at radius 2 is 1.72 bits per heavy atom. The number of nitrogens with zero attached hydrogens (tertiary/aromatic N) is 2. The van der Waals surface area contributed by atoms with Crippen LogP contribution in [0.1, 0.15) is 49.7 Å². The molecule has 0 bridgehead atoms. The van der Waals surface area contributed by atoms with E-state index in [1.165, 1.54) is 6.07 Å². The summed E-state index contributed by atoms with van der Waals surface area (Å²) in [4.78, 5) is 30.3. The molecule has 2 amide bonds. The third kappa shape index (κ3) is 6.09. The van der Waals surface area contributed by atoms with Gasteiger partial charge in [0.2, 0.25) is 0 Å². The molecule has 9 heteroatoms. The molecule has 6 nitrogen and oxygen atoms in total. The van der Waals surface area contributed by atoms with E-state index in [2.05, 4.69) is 10.3 Å². The first-order valence-corrected chi connectivity index (χ1v) is 10.1. The van der Waals surface area contributed by atoms with Gasteiger partial charge in [0.25, 0.3) is 5.91 Å². The molecule has 0 radical (unpaired) electrons. The van der Waals surface area contributed by atoms with Crippen LogP contribution in [0.5, 0.6) is 0 Å². The molecule has 1 aromatic carbocycles. The lowest BCUT2D eigenvalue weighted by Crippen LogP contribution is -2.40. The molecule has 0 unspecified atom stereocenters. The minimum atomic E-state index is -1.30. The predicted molar refractivity (Wildman–Crippen MR) is 114 cm³/mol. The number of piperidine rings is 1. The third-order valence-electron chi connectivity index (χ3n) is 4.66. The van der Waals surface area contributed by atoms with Gasteiger partial charge in [0.1, 0.15) is 34.4 Å². The van der Waals surface area contributed by atoms with Gasteiger partial charge in [-0.3, -0.25) is 4.79 Å². The number of carbonyl (C=O) groups excluding carboxylic acids is 2. The first-order chi connectivity index (χ1) is 15.0. The number of aromatic nitrogens is 1. The summed E-state index contributed by atoms with van der Waals surface area (Å²) >= 11 is 0. The second-order valence-electron chi connectivity index (χ2n) is 8.42. The molecule has 1 aromatic heterocycles. The summed E-state index contributed by atoms with van der Waals surface area (Å²) in [6, 6.07) is 5.72. The van der Waals surface area contributed by atoms with E-state index in [0.717, 1.165) is 5.57 Å². The van der Waals surface area contributed by atoms with Gasteiger partial charge < -0.3 is 15.0 Å². The van der Waals surface area contributed by atoms with Crippen molar-refractivity contribution in [3.63, 3.8) is 0 Å². The average Bonchev–Trinajstić information content (AvgIpc) is 2.66. The normalized spacial score (nSPS) is 14.2. The highest BCUT2D eigenvalue weighted by Crippen LogP contribution is 2.22. The van der Waals surface area contributed by atoms with Crippen molar-refractivity contribution in [2.75, 3.05) is 18.4 Å². The molecule has 1 fully saturated rings. The van der Waals surface area contributed by atoms with Crippen LogP contribution in [0.4, 0.5) is 23.8 Å². The van der Waals surface area contributed by atoms with Crippen molar-refractivity contribution in [3.8, 4) is 0 Å². The summed E-state index contributed by atoms with van der Waals surface area (Å²) in [6.45, 7) is 6.48. The van der Waals surface area contributed by atoms with Crippen LogP contribution >= 0.6 is 0 Å². The molecule has 1 aliphatic heterocycles. The van der Waals surface area contributed by atoms with Gasteiger partial charge in [-0.05, 0) is 51.8 Å². The van der Waals surface area contributed by atoms with E-state index in [1.807, 2.05) is 26.8 Å². The van der Waals surface area contributed by atoms with Crippen molar-refractivity contribution in [1.82, 2.24) is 9.88 Å². The SMILES string of the molecule is CC(C)(C)OC(=O)N1CCC(=Cc2cccc(NC(=O)c3c(F)cc(F)cc3F)n2)CC1. The second-order valence-corrected chi connectivity index (χ2v) is 8.42. The summed E-state index contributed by atoms with van der Waals surface area (Å²) in [5.41, 5.74) is 0.174. The predicted octanol–water partition coefficient (Wildman–Crippen LogP) is 5.17. The van der Waals surface area contributed by atoms with E-state index in [1.54, 1.807) is 17.0 Å². The molecule has 32 heavy (non-hydrogen) atoms. The van der Waals surface area contributed by atoms with Gasteiger partial charge in [0.05, 0.1) is 5.69 Å². The van der Waals surface area contributed by atoms with Crippen molar-refractivity contribution < 1.29 is 27.5 Å². The number of amides is 2. The highest BCUT2D eigenvalue weighted by atomic mass is 19.1. The smallest absolute Gasteiger partial charge is 0.410 e. The van der Waals surface area contributed by atoms with E-state index in [4.69, 9.17) is 4.74 Å². The van der Waals surface area contributed by atoms with Crippen molar-refractivity contribution in [1.29, 1.82) is 0 Å². The van der Waals surface area contributed by atoms with Gasteiger partial charge in [-0.2, -0.15) is 0 Å². The number of pyridine rings is 1. The van der Waals surface area contributed by atoms with Crippen LogP contribution in [0.25, 0.3) is 6.08 Å². The molecule has 3 rings (SSSR count). The van der Waals surface area contributed by atoms with E-state index in [0.29, 0.717) is 43.8 Å². The fraction of sp³-hybridized carbons (Fsp3) is 0.348. The Hall–Kier alpha value is -3.36. The Kier molecular flexibility index (Phi) is 6.86. The minimum Gasteiger partial charge on any atom is -0.444 e. The number of ether oxygens (including phenoxy) is 1. The van der Waals surface area contributed by atoms with Gasteiger partial charge in [-0.1, -0.05) is 11.6 Å². The fourth-order valence-electron chi connectivity index (χ4n) is 3.20. The number of nitrogens with one attached hydrogen (secondary N) is 1. The van der Waals surface area contributed by atoms with Gasteiger partial charge in [-0.25, -0.2) is 22.9 Å². The maximum atomic E-state index is 13.8. The lowest BCUT2D eigenvalue weighted by molar-refractivity contribution is 0.0236. The number of benzene rings is 1. The van der Waals surface area contributed by atoms with Crippen molar-refractivity contribution in [3.05, 3.63) is 64.6 Å². The zero-order chi connectivity index (χ0) is 23.5. The highest BCUT2D eigenvalue weighted by molar-refractivity contribution is 6.04. The van der Waals surface area contributed by atoms with E-state index < -0.39 is 34.5 Å². The van der Waals surface area contributed by atoms with E-state index in [9.17, 15) is 22.8 Å². The van der Waals surface area contributed by atoms with Gasteiger partial charge in [0, 0.05) is 25.2 Å². The number of hydrogen-bond acceptors (Lipinski definition) is 4. The Balaban J connectivity index is 1.65. The lowest BCUT2D eigenvalue weighted by Gasteiger charge is -2.31. The van der Waals surface area contributed by atoms with Crippen LogP contribution in [-0.2, 0) is 4.74 Å². The Morgan fingerprint density at radius 1 is 1.09 bits per heavy atom. The quantitative estimate of drug-likeness (QED) is 0.705. The fourth-order valence-corrected chi connectivity index (χ4v) is 3.20. The van der Waals surface area contributed by atoms with Crippen molar-refractivity contribution >= 4 is 23.9 Å². The van der Waals surface area contributed by atoms with Crippen molar-refractivity contribution in [2.45, 2.75) is 39.2 Å². The molecule has 2 aromatic rings. The first kappa shape index (κ1) is 23.3. The summed E-state index contributed by atoms with van der Waals surface area (Å²) in [7, 11) is 0. The zero-order valence-electron chi connectivity index (χ0n) is 18.0. The zero-order valence-corrected chi connectivity index (χ0v) is 18.0. The molecule has 2 heterocycles. The minimum absolute atomic E-state index is 0.0960. The summed E-state index contributed by atoms with van der Waals surface area (Å²) in [5, 5.41) is 2.33. The second kappa shape index (κ2) is 9.42. The standard InChI is InChI=1S/C23H24F3N3O3/c1-23(2,3)32-22(31)29-9-7-14(8-10-29)11-16-5-4-6-19(27-16)28-21(30)20-17(25)12-15(24)13-18(20)26/h4-6,11-13H,7-10H2,1-3H3,(H,27,28,30). The number of likely N-dealkylation sites (tertiary alicyclic amines) is 1. The summed E-state index contributed by atoms with van der Waals surface area (Å²) < 4.78 is 46.1. The third-order valence-corrected chi connectivity index (χ3v) is 4.66. The number of carbonyl (C=O) groups is 2. The Bertz CT molecular complexity index is 1030. The van der Waals surface area contributed by atoms with Crippen LogP contribution in [-0.4, -0.2) is 40.6 Å². The maximum absolute atomic E-state index is 13.8. The monoisotopic (exact) mass is 447 g/mol. The topological polar surface area (TPSA) is 71.5 Å². The molecular formula is C23H24F3N3O3. The number of anilines is 1. The van der Waals surface area contributed by atoms with E-state index in [-0.39, 0.29) is 11.9 Å². The van der Waals surface area contributed by atoms with Crippen LogP contribution in [0, 0.1) is 17.5 Å². The summed E-state index contributed by atoms with van der Waals surface area (Å²) in [6.07, 6.45) is 2.79. The van der Waals surface area contributed by atoms with E-state index >= 15 is 0 Å². The molecule has 1 N–H and O–H groups in total. The van der Waals surface area contributed by atoms with Crippen LogP contribution in [0.15, 0.2) is 35.9 Å². The van der Waals surface area contributed by atoms with Crippen LogP contribution in [0.2, 0.25) is 0 Å². The Morgan fingerprint density at radius 3 is 2.31 bits per heavy atom. The molecule has 1 saturated heterocycles. The van der Waals surface area contributed by atoms with Crippen LogP contribution in [0.3, 0.4) is 0 Å². The number of halogens is 3. The average molecular weight is 447 g/mol. The molecule has 1 aliphatic rings. The molecule has 0 saturated carbocycles.